The highest BCUT2D eigenvalue weighted by atomic mass is 16.5. The lowest BCUT2D eigenvalue weighted by Gasteiger charge is -2.05. The van der Waals surface area contributed by atoms with Gasteiger partial charge in [0.15, 0.2) is 0 Å². The quantitative estimate of drug-likeness (QED) is 0.728. The molecule has 2 N–H and O–H groups in total. The predicted molar refractivity (Wildman–Crippen MR) is 71.5 cm³/mol. The van der Waals surface area contributed by atoms with E-state index in [9.17, 15) is 9.59 Å². The average molecular weight is 263 g/mol. The smallest absolute Gasteiger partial charge is 0.407 e. The molecule has 5 nitrogen and oxygen atoms in total. The standard InChI is InChI=1S/C14H19N2O3/c15-13(17)11-16-14(18)19-10-6-2-5-9-12-7-3-1-4-8-12/h1,3-4,7-8,15H,2,5-6,9-11H2,(H,16,18). The van der Waals surface area contributed by atoms with E-state index in [2.05, 4.69) is 17.4 Å². The fourth-order valence-electron chi connectivity index (χ4n) is 1.62. The second-order valence-corrected chi connectivity index (χ2v) is 4.21. The molecule has 1 aromatic carbocycles. The topological polar surface area (TPSA) is 79.2 Å². The fourth-order valence-corrected chi connectivity index (χ4v) is 1.62. The maximum absolute atomic E-state index is 11.0. The Morgan fingerprint density at radius 3 is 2.53 bits per heavy atom. The monoisotopic (exact) mass is 263 g/mol. The molecular formula is C14H19N2O3. The lowest BCUT2D eigenvalue weighted by atomic mass is 10.1. The molecule has 0 aromatic heterocycles. The molecule has 0 aliphatic rings. The van der Waals surface area contributed by atoms with Gasteiger partial charge in [0, 0.05) is 0 Å². The SMILES string of the molecule is [NH]C(=O)CNC(=O)OCCCCCc1ccccc1. The maximum atomic E-state index is 11.0. The third kappa shape index (κ3) is 7.81. The van der Waals surface area contributed by atoms with Crippen LogP contribution in [0.15, 0.2) is 30.3 Å². The Hall–Kier alpha value is -2.04. The minimum Gasteiger partial charge on any atom is -0.450 e. The molecule has 0 atom stereocenters. The normalized spacial score (nSPS) is 9.89. The maximum Gasteiger partial charge on any atom is 0.407 e. The zero-order valence-corrected chi connectivity index (χ0v) is 10.9. The van der Waals surface area contributed by atoms with Gasteiger partial charge in [0.25, 0.3) is 5.91 Å². The van der Waals surface area contributed by atoms with E-state index in [1.807, 2.05) is 18.2 Å². The van der Waals surface area contributed by atoms with Crippen LogP contribution in [-0.4, -0.2) is 25.2 Å². The van der Waals surface area contributed by atoms with E-state index in [0.717, 1.165) is 25.7 Å². The number of amides is 2. The zero-order chi connectivity index (χ0) is 13.9. The van der Waals surface area contributed by atoms with Crippen LogP contribution in [0.2, 0.25) is 0 Å². The van der Waals surface area contributed by atoms with Crippen LogP contribution in [0, 0.1) is 0 Å². The first-order chi connectivity index (χ1) is 9.18. The van der Waals surface area contributed by atoms with Crippen molar-refractivity contribution in [1.82, 2.24) is 11.1 Å². The minimum atomic E-state index is -0.834. The highest BCUT2D eigenvalue weighted by Crippen LogP contribution is 2.06. The molecule has 1 aromatic rings. The fraction of sp³-hybridized carbons (Fsp3) is 0.429. The summed E-state index contributed by atoms with van der Waals surface area (Å²) in [6.45, 7) is 0.0413. The first-order valence-electron chi connectivity index (χ1n) is 6.37. The zero-order valence-electron chi connectivity index (χ0n) is 10.9. The molecule has 2 amide bonds. The summed E-state index contributed by atoms with van der Waals surface area (Å²) in [6.07, 6.45) is 3.23. The van der Waals surface area contributed by atoms with Gasteiger partial charge in [0.1, 0.15) is 6.54 Å². The Morgan fingerprint density at radius 1 is 1.11 bits per heavy atom. The van der Waals surface area contributed by atoms with E-state index in [4.69, 9.17) is 10.5 Å². The van der Waals surface area contributed by atoms with Crippen molar-refractivity contribution in [1.29, 1.82) is 0 Å². The van der Waals surface area contributed by atoms with Crippen molar-refractivity contribution in [3.8, 4) is 0 Å². The van der Waals surface area contributed by atoms with Crippen molar-refractivity contribution < 1.29 is 14.3 Å². The molecule has 0 heterocycles. The van der Waals surface area contributed by atoms with E-state index < -0.39 is 12.0 Å². The number of carbonyl (C=O) groups excluding carboxylic acids is 2. The Kier molecular flexibility index (Phi) is 7.09. The molecule has 0 saturated carbocycles. The molecule has 0 saturated heterocycles. The number of hydrogen-bond donors (Lipinski definition) is 1. The molecule has 19 heavy (non-hydrogen) atoms. The molecule has 1 rings (SSSR count). The summed E-state index contributed by atoms with van der Waals surface area (Å²) in [5.74, 6) is -0.834. The van der Waals surface area contributed by atoms with Crippen molar-refractivity contribution in [2.24, 2.45) is 0 Å². The van der Waals surface area contributed by atoms with Gasteiger partial charge in [-0.15, -0.1) is 0 Å². The van der Waals surface area contributed by atoms with Crippen LogP contribution < -0.4 is 11.1 Å². The van der Waals surface area contributed by atoms with Crippen LogP contribution in [-0.2, 0) is 16.0 Å². The van der Waals surface area contributed by atoms with Gasteiger partial charge in [-0.3, -0.25) is 10.5 Å². The number of unbranched alkanes of at least 4 members (excludes halogenated alkanes) is 2. The Balaban J connectivity index is 1.96. The summed E-state index contributed by atoms with van der Waals surface area (Å²) >= 11 is 0. The van der Waals surface area contributed by atoms with Gasteiger partial charge in [-0.2, -0.15) is 0 Å². The van der Waals surface area contributed by atoms with Crippen LogP contribution >= 0.6 is 0 Å². The number of rotatable bonds is 8. The van der Waals surface area contributed by atoms with Crippen molar-refractivity contribution >= 4 is 12.0 Å². The molecule has 0 aliphatic carbocycles. The largest absolute Gasteiger partial charge is 0.450 e. The van der Waals surface area contributed by atoms with Crippen LogP contribution in [0.3, 0.4) is 0 Å². The van der Waals surface area contributed by atoms with Gasteiger partial charge in [0.05, 0.1) is 6.61 Å². The summed E-state index contributed by atoms with van der Waals surface area (Å²) in [5, 5.41) is 2.20. The summed E-state index contributed by atoms with van der Waals surface area (Å²) in [4.78, 5) is 21.3. The van der Waals surface area contributed by atoms with Crippen LogP contribution in [0.5, 0.6) is 0 Å². The molecule has 0 bridgehead atoms. The van der Waals surface area contributed by atoms with Crippen molar-refractivity contribution in [2.75, 3.05) is 13.2 Å². The van der Waals surface area contributed by atoms with Crippen molar-refractivity contribution in [2.45, 2.75) is 25.7 Å². The molecule has 0 fully saturated rings. The number of hydrogen-bond acceptors (Lipinski definition) is 3. The Labute approximate surface area is 113 Å². The predicted octanol–water partition coefficient (Wildman–Crippen LogP) is 1.94. The lowest BCUT2D eigenvalue weighted by Crippen LogP contribution is -2.30. The van der Waals surface area contributed by atoms with E-state index in [-0.39, 0.29) is 6.54 Å². The van der Waals surface area contributed by atoms with E-state index in [1.165, 1.54) is 5.56 Å². The molecule has 1 radical (unpaired) electrons. The molecule has 5 heteroatoms. The highest BCUT2D eigenvalue weighted by Gasteiger charge is 2.03. The summed E-state index contributed by atoms with van der Waals surface area (Å²) < 4.78 is 4.86. The third-order valence-corrected chi connectivity index (χ3v) is 2.58. The van der Waals surface area contributed by atoms with E-state index in [0.29, 0.717) is 6.61 Å². The number of carbonyl (C=O) groups is 2. The van der Waals surface area contributed by atoms with Crippen LogP contribution in [0.1, 0.15) is 24.8 Å². The highest BCUT2D eigenvalue weighted by molar-refractivity contribution is 5.79. The minimum absolute atomic E-state index is 0.299. The number of alkyl carbamates (subject to hydrolysis) is 1. The lowest BCUT2D eigenvalue weighted by molar-refractivity contribution is -0.117. The van der Waals surface area contributed by atoms with Gasteiger partial charge >= 0.3 is 6.09 Å². The number of benzene rings is 1. The first-order valence-corrected chi connectivity index (χ1v) is 6.37. The third-order valence-electron chi connectivity index (χ3n) is 2.58. The number of ether oxygens (including phenoxy) is 1. The molecule has 0 unspecified atom stereocenters. The average Bonchev–Trinajstić information content (AvgIpc) is 2.41. The Bertz CT molecular complexity index is 393. The molecule has 103 valence electrons. The van der Waals surface area contributed by atoms with Gasteiger partial charge in [-0.25, -0.2) is 4.79 Å². The van der Waals surface area contributed by atoms with E-state index in [1.54, 1.807) is 0 Å². The molecule has 0 aliphatic heterocycles. The Morgan fingerprint density at radius 2 is 1.84 bits per heavy atom. The van der Waals surface area contributed by atoms with Gasteiger partial charge in [-0.1, -0.05) is 30.3 Å². The summed E-state index contributed by atoms with van der Waals surface area (Å²) in [6, 6.07) is 10.2. The van der Waals surface area contributed by atoms with Crippen LogP contribution in [0.25, 0.3) is 0 Å². The van der Waals surface area contributed by atoms with Crippen molar-refractivity contribution in [3.05, 3.63) is 35.9 Å². The van der Waals surface area contributed by atoms with Crippen molar-refractivity contribution in [3.63, 3.8) is 0 Å². The van der Waals surface area contributed by atoms with Gasteiger partial charge < -0.3 is 10.1 Å². The second kappa shape index (κ2) is 8.97. The number of nitrogens with one attached hydrogen (secondary N) is 2. The first kappa shape index (κ1) is 15.0. The summed E-state index contributed by atoms with van der Waals surface area (Å²) in [5.41, 5.74) is 7.93. The summed E-state index contributed by atoms with van der Waals surface area (Å²) in [7, 11) is 0. The number of aryl methyl sites for hydroxylation is 1. The van der Waals surface area contributed by atoms with Gasteiger partial charge in [0.2, 0.25) is 0 Å². The van der Waals surface area contributed by atoms with Gasteiger partial charge in [-0.05, 0) is 31.2 Å². The van der Waals surface area contributed by atoms with E-state index >= 15 is 0 Å². The molecular weight excluding hydrogens is 244 g/mol. The molecule has 0 spiro atoms. The second-order valence-electron chi connectivity index (χ2n) is 4.21. The van der Waals surface area contributed by atoms with Crippen LogP contribution in [0.4, 0.5) is 4.79 Å².